The number of carbonyl (C=O) groups is 2. The molecule has 1 aliphatic heterocycles. The molecule has 21 heavy (non-hydrogen) atoms. The van der Waals surface area contributed by atoms with Crippen molar-refractivity contribution in [2.75, 3.05) is 46.3 Å². The first-order valence-electron chi connectivity index (χ1n) is 7.28. The van der Waals surface area contributed by atoms with Crippen molar-refractivity contribution >= 4 is 11.9 Å². The maximum Gasteiger partial charge on any atom is 0.317 e. The van der Waals surface area contributed by atoms with Gasteiger partial charge >= 0.3 is 5.97 Å². The maximum absolute atomic E-state index is 12.0. The van der Waals surface area contributed by atoms with Gasteiger partial charge in [0.25, 0.3) is 0 Å². The molecule has 7 heteroatoms. The number of nitriles is 1. The number of carboxylic acids is 1. The van der Waals surface area contributed by atoms with Crippen LogP contribution in [0.15, 0.2) is 0 Å². The number of likely N-dealkylation sites (N-methyl/N-ethyl adjacent to an activating group) is 1. The average molecular weight is 296 g/mol. The van der Waals surface area contributed by atoms with E-state index in [1.165, 1.54) is 0 Å². The summed E-state index contributed by atoms with van der Waals surface area (Å²) in [6, 6.07) is 2.03. The molecule has 1 atom stereocenters. The standard InChI is InChI=1S/C14H24N4O3/c1-17(6-3-5-15)13(19)11-18-7-2-4-12(10-18)8-16-9-14(20)21/h12,16H,2-4,6-11H2,1H3,(H,20,21). The third kappa shape index (κ3) is 7.06. The molecule has 0 saturated carbocycles. The Bertz CT molecular complexity index is 394. The molecule has 1 aliphatic rings. The van der Waals surface area contributed by atoms with E-state index in [0.717, 1.165) is 25.9 Å². The van der Waals surface area contributed by atoms with Crippen LogP contribution in [0.1, 0.15) is 19.3 Å². The number of hydrogen-bond donors (Lipinski definition) is 2. The number of aliphatic carboxylic acids is 1. The van der Waals surface area contributed by atoms with Gasteiger partial charge in [-0.1, -0.05) is 0 Å². The number of nitrogens with one attached hydrogen (secondary N) is 1. The number of piperidine rings is 1. The van der Waals surface area contributed by atoms with Gasteiger partial charge in [-0.3, -0.25) is 14.5 Å². The predicted molar refractivity (Wildman–Crippen MR) is 77.5 cm³/mol. The molecule has 1 saturated heterocycles. The van der Waals surface area contributed by atoms with E-state index in [2.05, 4.69) is 10.2 Å². The molecular weight excluding hydrogens is 272 g/mol. The lowest BCUT2D eigenvalue weighted by molar-refractivity contribution is -0.136. The number of rotatable bonds is 8. The summed E-state index contributed by atoms with van der Waals surface area (Å²) < 4.78 is 0. The minimum atomic E-state index is -0.850. The summed E-state index contributed by atoms with van der Waals surface area (Å²) in [6.45, 7) is 3.19. The third-order valence-electron chi connectivity index (χ3n) is 3.66. The molecule has 0 radical (unpaired) electrons. The Kier molecular flexibility index (Phi) is 7.72. The fraction of sp³-hybridized carbons (Fsp3) is 0.786. The van der Waals surface area contributed by atoms with E-state index in [0.29, 0.717) is 32.0 Å². The molecular formula is C14H24N4O3. The SMILES string of the molecule is CN(CCC#N)C(=O)CN1CCCC(CNCC(=O)O)C1. The maximum atomic E-state index is 12.0. The van der Waals surface area contributed by atoms with Gasteiger partial charge < -0.3 is 15.3 Å². The normalized spacial score (nSPS) is 19.0. The zero-order valence-corrected chi connectivity index (χ0v) is 12.5. The van der Waals surface area contributed by atoms with Crippen molar-refractivity contribution < 1.29 is 14.7 Å². The summed E-state index contributed by atoms with van der Waals surface area (Å²) in [5.74, 6) is -0.434. The van der Waals surface area contributed by atoms with E-state index < -0.39 is 5.97 Å². The highest BCUT2D eigenvalue weighted by Crippen LogP contribution is 2.15. The fourth-order valence-electron chi connectivity index (χ4n) is 2.50. The van der Waals surface area contributed by atoms with E-state index in [-0.39, 0.29) is 12.5 Å². The van der Waals surface area contributed by atoms with Gasteiger partial charge in [0.05, 0.1) is 25.6 Å². The Labute approximate surface area is 125 Å². The van der Waals surface area contributed by atoms with Gasteiger partial charge in [-0.2, -0.15) is 5.26 Å². The Balaban J connectivity index is 2.30. The lowest BCUT2D eigenvalue weighted by Gasteiger charge is -2.33. The second-order valence-electron chi connectivity index (χ2n) is 5.49. The molecule has 0 aromatic carbocycles. The average Bonchev–Trinajstić information content (AvgIpc) is 2.44. The first-order valence-corrected chi connectivity index (χ1v) is 7.28. The quantitative estimate of drug-likeness (QED) is 0.641. The van der Waals surface area contributed by atoms with Crippen LogP contribution >= 0.6 is 0 Å². The number of carbonyl (C=O) groups excluding carboxylic acids is 1. The van der Waals surface area contributed by atoms with Crippen LogP contribution in [-0.4, -0.2) is 73.1 Å². The molecule has 1 unspecified atom stereocenters. The molecule has 0 aromatic heterocycles. The largest absolute Gasteiger partial charge is 0.480 e. The molecule has 0 bridgehead atoms. The first-order chi connectivity index (χ1) is 10.0. The van der Waals surface area contributed by atoms with Crippen LogP contribution in [0.5, 0.6) is 0 Å². The third-order valence-corrected chi connectivity index (χ3v) is 3.66. The predicted octanol–water partition coefficient (Wildman–Crippen LogP) is -0.255. The molecule has 1 rings (SSSR count). The van der Waals surface area contributed by atoms with Crippen molar-refractivity contribution in [3.05, 3.63) is 0 Å². The second kappa shape index (κ2) is 9.32. The van der Waals surface area contributed by atoms with Crippen molar-refractivity contribution in [2.45, 2.75) is 19.3 Å². The van der Waals surface area contributed by atoms with Crippen LogP contribution in [0.2, 0.25) is 0 Å². The molecule has 0 aromatic rings. The summed E-state index contributed by atoms with van der Waals surface area (Å²) in [4.78, 5) is 26.2. The lowest BCUT2D eigenvalue weighted by Crippen LogP contribution is -2.45. The number of amides is 1. The fourth-order valence-corrected chi connectivity index (χ4v) is 2.50. The van der Waals surface area contributed by atoms with Crippen LogP contribution in [0.25, 0.3) is 0 Å². The minimum absolute atomic E-state index is 0.0215. The van der Waals surface area contributed by atoms with Gasteiger partial charge in [0.15, 0.2) is 0 Å². The highest BCUT2D eigenvalue weighted by molar-refractivity contribution is 5.78. The Morgan fingerprint density at radius 1 is 1.52 bits per heavy atom. The number of likely N-dealkylation sites (tertiary alicyclic amines) is 1. The van der Waals surface area contributed by atoms with Crippen molar-refractivity contribution in [2.24, 2.45) is 5.92 Å². The van der Waals surface area contributed by atoms with Gasteiger partial charge in [0.1, 0.15) is 0 Å². The Morgan fingerprint density at radius 3 is 2.95 bits per heavy atom. The van der Waals surface area contributed by atoms with Crippen LogP contribution in [0.3, 0.4) is 0 Å². The van der Waals surface area contributed by atoms with Crippen LogP contribution in [0, 0.1) is 17.2 Å². The first kappa shape index (κ1) is 17.4. The van der Waals surface area contributed by atoms with Crippen LogP contribution in [0.4, 0.5) is 0 Å². The Morgan fingerprint density at radius 2 is 2.29 bits per heavy atom. The molecule has 0 aliphatic carbocycles. The van der Waals surface area contributed by atoms with Crippen LogP contribution in [-0.2, 0) is 9.59 Å². The van der Waals surface area contributed by atoms with Gasteiger partial charge in [0.2, 0.25) is 5.91 Å². The van der Waals surface area contributed by atoms with E-state index in [4.69, 9.17) is 10.4 Å². The van der Waals surface area contributed by atoms with Gasteiger partial charge in [-0.05, 0) is 31.8 Å². The topological polar surface area (TPSA) is 96.7 Å². The highest BCUT2D eigenvalue weighted by atomic mass is 16.4. The summed E-state index contributed by atoms with van der Waals surface area (Å²) in [6.07, 6.45) is 2.43. The molecule has 1 fully saturated rings. The second-order valence-corrected chi connectivity index (χ2v) is 5.49. The summed E-state index contributed by atoms with van der Waals surface area (Å²) in [7, 11) is 1.72. The molecule has 1 amide bonds. The molecule has 0 spiro atoms. The van der Waals surface area contributed by atoms with Crippen molar-refractivity contribution in [1.82, 2.24) is 15.1 Å². The molecule has 1 heterocycles. The van der Waals surface area contributed by atoms with Crippen molar-refractivity contribution in [1.29, 1.82) is 5.26 Å². The number of nitrogens with zero attached hydrogens (tertiary/aromatic N) is 3. The molecule has 2 N–H and O–H groups in total. The summed E-state index contributed by atoms with van der Waals surface area (Å²) >= 11 is 0. The van der Waals surface area contributed by atoms with Gasteiger partial charge in [-0.15, -0.1) is 0 Å². The van der Waals surface area contributed by atoms with E-state index in [1.807, 2.05) is 6.07 Å². The summed E-state index contributed by atoms with van der Waals surface area (Å²) in [5.41, 5.74) is 0. The Hall–Kier alpha value is -1.65. The number of hydrogen-bond acceptors (Lipinski definition) is 5. The molecule has 7 nitrogen and oxygen atoms in total. The zero-order valence-electron chi connectivity index (χ0n) is 12.5. The zero-order chi connectivity index (χ0) is 15.7. The van der Waals surface area contributed by atoms with E-state index in [9.17, 15) is 9.59 Å². The summed E-state index contributed by atoms with van der Waals surface area (Å²) in [5, 5.41) is 20.0. The smallest absolute Gasteiger partial charge is 0.317 e. The van der Waals surface area contributed by atoms with E-state index >= 15 is 0 Å². The van der Waals surface area contributed by atoms with Gasteiger partial charge in [0, 0.05) is 20.1 Å². The van der Waals surface area contributed by atoms with Gasteiger partial charge in [-0.25, -0.2) is 0 Å². The van der Waals surface area contributed by atoms with Crippen LogP contribution < -0.4 is 5.32 Å². The van der Waals surface area contributed by atoms with Crippen molar-refractivity contribution in [3.8, 4) is 6.07 Å². The van der Waals surface area contributed by atoms with Crippen molar-refractivity contribution in [3.63, 3.8) is 0 Å². The highest BCUT2D eigenvalue weighted by Gasteiger charge is 2.22. The lowest BCUT2D eigenvalue weighted by atomic mass is 9.98. The minimum Gasteiger partial charge on any atom is -0.480 e. The number of carboxylic acid groups (broad SMARTS) is 1. The van der Waals surface area contributed by atoms with E-state index in [1.54, 1.807) is 11.9 Å². The monoisotopic (exact) mass is 296 g/mol. The molecule has 118 valence electrons.